The zero-order chi connectivity index (χ0) is 21.8. The quantitative estimate of drug-likeness (QED) is 0.689. The Labute approximate surface area is 173 Å². The minimum atomic E-state index is -3.84. The average Bonchev–Trinajstić information content (AvgIpc) is 2.92. The van der Waals surface area contributed by atoms with E-state index >= 15 is 0 Å². The number of carboxylic acid groups (broad SMARTS) is 1. The summed E-state index contributed by atoms with van der Waals surface area (Å²) in [5, 5.41) is 14.3. The van der Waals surface area contributed by atoms with Gasteiger partial charge in [0.25, 0.3) is 10.0 Å². The molecule has 0 spiro atoms. The Hall–Kier alpha value is -3.20. The number of hydrazone groups is 1. The second kappa shape index (κ2) is 6.94. The molecule has 0 atom stereocenters. The topological polar surface area (TPSA) is 92.0 Å². The van der Waals surface area contributed by atoms with Crippen molar-refractivity contribution in [2.75, 3.05) is 0 Å². The fraction of sp³-hybridized carbons (Fsp3) is 0.238. The lowest BCUT2D eigenvalue weighted by molar-refractivity contribution is -0.137. The Kier molecular flexibility index (Phi) is 4.65. The van der Waals surface area contributed by atoms with E-state index in [4.69, 9.17) is 0 Å². The highest BCUT2D eigenvalue weighted by Gasteiger charge is 2.36. The second-order valence-corrected chi connectivity index (χ2v) is 9.18. The normalized spacial score (nSPS) is 15.4. The van der Waals surface area contributed by atoms with Crippen LogP contribution in [0.3, 0.4) is 0 Å². The van der Waals surface area contributed by atoms with Crippen LogP contribution in [0, 0.1) is 12.7 Å². The summed E-state index contributed by atoms with van der Waals surface area (Å²) < 4.78 is 42.9. The first-order valence-corrected chi connectivity index (χ1v) is 10.8. The number of halogens is 1. The van der Waals surface area contributed by atoms with Crippen molar-refractivity contribution in [1.82, 2.24) is 8.98 Å². The molecule has 2 aromatic carbocycles. The number of fused-ring (bicyclic) bond motifs is 2. The standard InChI is InChI=1S/C21H20FN3O4S/c1-12(2)25-23-21(15-6-4-5-7-18(15)30(25,28)29)20-13(3)24(11-19(26)27)17-9-8-14(22)10-16(17)20/h4-10,12H,11H2,1-3H3,(H,26,27). The number of hydrogen-bond donors (Lipinski definition) is 1. The van der Waals surface area contributed by atoms with E-state index in [0.29, 0.717) is 33.4 Å². The van der Waals surface area contributed by atoms with Crippen molar-refractivity contribution >= 4 is 32.6 Å². The molecule has 1 N–H and O–H groups in total. The first kappa shape index (κ1) is 20.1. The Balaban J connectivity index is 2.10. The van der Waals surface area contributed by atoms with E-state index in [0.717, 1.165) is 4.41 Å². The van der Waals surface area contributed by atoms with Crippen LogP contribution in [0.4, 0.5) is 4.39 Å². The Morgan fingerprint density at radius 2 is 1.90 bits per heavy atom. The number of carbonyl (C=O) groups is 1. The third kappa shape index (κ3) is 2.97. The highest BCUT2D eigenvalue weighted by atomic mass is 32.2. The molecule has 9 heteroatoms. The molecule has 0 aliphatic carbocycles. The number of hydrogen-bond acceptors (Lipinski definition) is 4. The summed E-state index contributed by atoms with van der Waals surface area (Å²) in [5.41, 5.74) is 2.38. The second-order valence-electron chi connectivity index (χ2n) is 7.42. The molecule has 156 valence electrons. The van der Waals surface area contributed by atoms with Gasteiger partial charge in [-0.1, -0.05) is 18.2 Å². The Morgan fingerprint density at radius 3 is 2.57 bits per heavy atom. The van der Waals surface area contributed by atoms with Gasteiger partial charge in [-0.25, -0.2) is 4.39 Å². The number of carboxylic acids is 1. The van der Waals surface area contributed by atoms with Gasteiger partial charge in [-0.15, -0.1) is 0 Å². The molecule has 3 aromatic rings. The van der Waals surface area contributed by atoms with Crippen molar-refractivity contribution in [1.29, 1.82) is 0 Å². The fourth-order valence-electron chi connectivity index (χ4n) is 3.86. The number of nitrogens with zero attached hydrogens (tertiary/aromatic N) is 3. The maximum Gasteiger partial charge on any atom is 0.323 e. The molecule has 0 saturated carbocycles. The molecule has 0 radical (unpaired) electrons. The van der Waals surface area contributed by atoms with Crippen LogP contribution in [0.15, 0.2) is 52.5 Å². The van der Waals surface area contributed by atoms with Crippen LogP contribution >= 0.6 is 0 Å². The molecule has 2 heterocycles. The third-order valence-corrected chi connectivity index (χ3v) is 7.03. The molecule has 0 amide bonds. The van der Waals surface area contributed by atoms with Crippen molar-refractivity contribution < 1.29 is 22.7 Å². The lowest BCUT2D eigenvalue weighted by Crippen LogP contribution is -2.38. The lowest BCUT2D eigenvalue weighted by Gasteiger charge is -2.29. The van der Waals surface area contributed by atoms with Crippen LogP contribution in [0.5, 0.6) is 0 Å². The van der Waals surface area contributed by atoms with Gasteiger partial charge in [-0.2, -0.15) is 17.9 Å². The van der Waals surface area contributed by atoms with Gasteiger partial charge in [0.05, 0.1) is 10.9 Å². The molecule has 0 unspecified atom stereocenters. The number of sulfonamides is 1. The first-order valence-electron chi connectivity index (χ1n) is 9.36. The molecule has 0 bridgehead atoms. The van der Waals surface area contributed by atoms with Gasteiger partial charge in [0.15, 0.2) is 0 Å². The zero-order valence-electron chi connectivity index (χ0n) is 16.6. The largest absolute Gasteiger partial charge is 0.480 e. The average molecular weight is 429 g/mol. The molecular weight excluding hydrogens is 409 g/mol. The Morgan fingerprint density at radius 1 is 1.20 bits per heavy atom. The Bertz CT molecular complexity index is 1330. The number of aliphatic carboxylic acids is 1. The molecule has 0 saturated heterocycles. The maximum atomic E-state index is 14.1. The van der Waals surface area contributed by atoms with Gasteiger partial charge in [-0.3, -0.25) is 4.79 Å². The molecule has 4 rings (SSSR count). The smallest absolute Gasteiger partial charge is 0.323 e. The monoisotopic (exact) mass is 429 g/mol. The van der Waals surface area contributed by atoms with Crippen LogP contribution in [0.2, 0.25) is 0 Å². The number of rotatable bonds is 4. The van der Waals surface area contributed by atoms with Crippen LogP contribution < -0.4 is 0 Å². The van der Waals surface area contributed by atoms with E-state index in [1.165, 1.54) is 24.3 Å². The van der Waals surface area contributed by atoms with Crippen LogP contribution in [0.1, 0.15) is 30.7 Å². The van der Waals surface area contributed by atoms with Crippen molar-refractivity contribution in [3.05, 3.63) is 65.1 Å². The van der Waals surface area contributed by atoms with Gasteiger partial charge in [0.1, 0.15) is 18.1 Å². The summed E-state index contributed by atoms with van der Waals surface area (Å²) in [6.45, 7) is 4.85. The van der Waals surface area contributed by atoms with E-state index in [1.807, 2.05) is 0 Å². The summed E-state index contributed by atoms with van der Waals surface area (Å²) in [6, 6.07) is 10.2. The van der Waals surface area contributed by atoms with Crippen LogP contribution in [0.25, 0.3) is 10.9 Å². The van der Waals surface area contributed by atoms with Gasteiger partial charge in [0, 0.05) is 27.7 Å². The zero-order valence-corrected chi connectivity index (χ0v) is 17.4. The summed E-state index contributed by atoms with van der Waals surface area (Å²) in [7, 11) is -3.84. The molecule has 0 fully saturated rings. The summed E-state index contributed by atoms with van der Waals surface area (Å²) in [6.07, 6.45) is 0. The van der Waals surface area contributed by atoms with E-state index < -0.39 is 27.9 Å². The van der Waals surface area contributed by atoms with Gasteiger partial charge in [-0.05, 0) is 45.0 Å². The molecule has 30 heavy (non-hydrogen) atoms. The predicted molar refractivity (Wildman–Crippen MR) is 111 cm³/mol. The summed E-state index contributed by atoms with van der Waals surface area (Å²) >= 11 is 0. The molecule has 1 aromatic heterocycles. The number of benzene rings is 2. The van der Waals surface area contributed by atoms with Crippen LogP contribution in [-0.4, -0.2) is 40.2 Å². The van der Waals surface area contributed by atoms with E-state index in [9.17, 15) is 22.7 Å². The van der Waals surface area contributed by atoms with Crippen molar-refractivity contribution in [3.63, 3.8) is 0 Å². The van der Waals surface area contributed by atoms with Crippen molar-refractivity contribution in [3.8, 4) is 0 Å². The molecule has 7 nitrogen and oxygen atoms in total. The van der Waals surface area contributed by atoms with Gasteiger partial charge >= 0.3 is 5.97 Å². The highest BCUT2D eigenvalue weighted by Crippen LogP contribution is 2.35. The fourth-order valence-corrected chi connectivity index (χ4v) is 5.50. The van der Waals surface area contributed by atoms with Gasteiger partial charge < -0.3 is 9.67 Å². The lowest BCUT2D eigenvalue weighted by atomic mass is 9.99. The minimum Gasteiger partial charge on any atom is -0.480 e. The molecule has 1 aliphatic rings. The SMILES string of the molecule is Cc1c(C2=NN(C(C)C)S(=O)(=O)c3ccccc32)c2cc(F)ccc2n1CC(=O)O. The van der Waals surface area contributed by atoms with E-state index in [2.05, 4.69) is 5.10 Å². The van der Waals surface area contributed by atoms with E-state index in [1.54, 1.807) is 43.5 Å². The summed E-state index contributed by atoms with van der Waals surface area (Å²) in [5.74, 6) is -1.52. The molecule has 1 aliphatic heterocycles. The minimum absolute atomic E-state index is 0.110. The number of aromatic nitrogens is 1. The molecular formula is C21H20FN3O4S. The summed E-state index contributed by atoms with van der Waals surface area (Å²) in [4.78, 5) is 11.5. The third-order valence-electron chi connectivity index (χ3n) is 5.12. The maximum absolute atomic E-state index is 14.1. The van der Waals surface area contributed by atoms with Crippen molar-refractivity contribution in [2.24, 2.45) is 5.10 Å². The van der Waals surface area contributed by atoms with Crippen molar-refractivity contribution in [2.45, 2.75) is 38.3 Å². The van der Waals surface area contributed by atoms with Gasteiger partial charge in [0.2, 0.25) is 0 Å². The predicted octanol–water partition coefficient (Wildman–Crippen LogP) is 3.34. The van der Waals surface area contributed by atoms with Crippen LogP contribution in [-0.2, 0) is 21.4 Å². The van der Waals surface area contributed by atoms with E-state index in [-0.39, 0.29) is 11.4 Å². The first-order chi connectivity index (χ1) is 14.1. The highest BCUT2D eigenvalue weighted by molar-refractivity contribution is 7.89.